The van der Waals surface area contributed by atoms with Crippen molar-refractivity contribution in [2.75, 3.05) is 19.6 Å². The number of nitrogens with zero attached hydrogens (tertiary/aromatic N) is 1. The largest absolute Gasteiger partial charge is 0.369 e. The minimum absolute atomic E-state index is 0.103. The molecule has 0 spiro atoms. The number of carbonyl (C=O) groups is 1. The van der Waals surface area contributed by atoms with Crippen LogP contribution in [-0.4, -0.2) is 36.5 Å². The third-order valence-electron chi connectivity index (χ3n) is 2.14. The summed E-state index contributed by atoms with van der Waals surface area (Å²) in [7, 11) is 0. The molecule has 4 heteroatoms. The number of hydrogen-bond acceptors (Lipinski definition) is 3. The van der Waals surface area contributed by atoms with Gasteiger partial charge in [-0.3, -0.25) is 9.69 Å². The molecule has 0 heterocycles. The lowest BCUT2D eigenvalue weighted by atomic mass is 10.1. The monoisotopic (exact) mass is 187 g/mol. The molecule has 0 radical (unpaired) electrons. The summed E-state index contributed by atoms with van der Waals surface area (Å²) in [5.74, 6) is -0.350. The van der Waals surface area contributed by atoms with Gasteiger partial charge in [-0.05, 0) is 13.8 Å². The number of hydrogen-bond donors (Lipinski definition) is 2. The van der Waals surface area contributed by atoms with Crippen LogP contribution < -0.4 is 11.5 Å². The Labute approximate surface area is 80.3 Å². The highest BCUT2D eigenvalue weighted by Gasteiger charge is 2.15. The summed E-state index contributed by atoms with van der Waals surface area (Å²) in [6, 6.07) is 0.408. The van der Waals surface area contributed by atoms with E-state index in [4.69, 9.17) is 11.5 Å². The molecule has 0 aromatic carbocycles. The fourth-order valence-electron chi connectivity index (χ4n) is 1.17. The van der Waals surface area contributed by atoms with Crippen molar-refractivity contribution in [3.05, 3.63) is 0 Å². The highest BCUT2D eigenvalue weighted by atomic mass is 16.1. The lowest BCUT2D eigenvalue weighted by molar-refractivity contribution is -0.122. The van der Waals surface area contributed by atoms with Crippen LogP contribution in [0.3, 0.4) is 0 Å². The van der Waals surface area contributed by atoms with Gasteiger partial charge in [-0.15, -0.1) is 0 Å². The zero-order chi connectivity index (χ0) is 10.4. The van der Waals surface area contributed by atoms with Crippen LogP contribution >= 0.6 is 0 Å². The molecule has 0 saturated carbocycles. The normalized spacial score (nSPS) is 13.7. The van der Waals surface area contributed by atoms with Crippen molar-refractivity contribution in [2.24, 2.45) is 17.4 Å². The Kier molecular flexibility index (Phi) is 5.66. The Bertz CT molecular complexity index is 159. The molecule has 0 rings (SSSR count). The van der Waals surface area contributed by atoms with Gasteiger partial charge in [0.25, 0.3) is 0 Å². The van der Waals surface area contributed by atoms with Gasteiger partial charge < -0.3 is 11.5 Å². The second-order valence-corrected chi connectivity index (χ2v) is 3.68. The van der Waals surface area contributed by atoms with Gasteiger partial charge in [0.2, 0.25) is 5.91 Å². The summed E-state index contributed by atoms with van der Waals surface area (Å²) >= 11 is 0. The third kappa shape index (κ3) is 4.85. The van der Waals surface area contributed by atoms with Gasteiger partial charge >= 0.3 is 0 Å². The van der Waals surface area contributed by atoms with Crippen LogP contribution in [0.5, 0.6) is 0 Å². The molecule has 0 fully saturated rings. The number of nitrogens with two attached hydrogens (primary N) is 2. The van der Waals surface area contributed by atoms with Crippen molar-refractivity contribution in [1.82, 2.24) is 4.90 Å². The third-order valence-corrected chi connectivity index (χ3v) is 2.14. The van der Waals surface area contributed by atoms with E-state index in [2.05, 4.69) is 18.7 Å². The van der Waals surface area contributed by atoms with Crippen LogP contribution in [0, 0.1) is 5.92 Å². The van der Waals surface area contributed by atoms with Crippen LogP contribution in [0.15, 0.2) is 0 Å². The molecule has 4 N–H and O–H groups in total. The van der Waals surface area contributed by atoms with Crippen LogP contribution in [0.2, 0.25) is 0 Å². The summed E-state index contributed by atoms with van der Waals surface area (Å²) < 4.78 is 0. The zero-order valence-electron chi connectivity index (χ0n) is 8.79. The van der Waals surface area contributed by atoms with Gasteiger partial charge in [0.1, 0.15) is 0 Å². The van der Waals surface area contributed by atoms with E-state index in [9.17, 15) is 4.79 Å². The van der Waals surface area contributed by atoms with Crippen molar-refractivity contribution >= 4 is 5.91 Å². The quantitative estimate of drug-likeness (QED) is 0.603. The van der Waals surface area contributed by atoms with Gasteiger partial charge in [-0.25, -0.2) is 0 Å². The molecule has 1 atom stereocenters. The van der Waals surface area contributed by atoms with Crippen molar-refractivity contribution in [3.8, 4) is 0 Å². The molecule has 0 aliphatic carbocycles. The van der Waals surface area contributed by atoms with Gasteiger partial charge in [-0.1, -0.05) is 6.92 Å². The van der Waals surface area contributed by atoms with Gasteiger partial charge in [0.05, 0.1) is 0 Å². The maximum Gasteiger partial charge on any atom is 0.221 e. The van der Waals surface area contributed by atoms with E-state index >= 15 is 0 Å². The van der Waals surface area contributed by atoms with Crippen molar-refractivity contribution in [1.29, 1.82) is 0 Å². The Morgan fingerprint density at radius 1 is 1.38 bits per heavy atom. The van der Waals surface area contributed by atoms with Crippen molar-refractivity contribution in [2.45, 2.75) is 26.8 Å². The Morgan fingerprint density at radius 2 is 1.92 bits per heavy atom. The van der Waals surface area contributed by atoms with E-state index in [1.54, 1.807) is 0 Å². The predicted molar refractivity (Wildman–Crippen MR) is 54.1 cm³/mol. The maximum absolute atomic E-state index is 10.8. The fourth-order valence-corrected chi connectivity index (χ4v) is 1.17. The van der Waals surface area contributed by atoms with E-state index < -0.39 is 0 Å². The predicted octanol–water partition coefficient (Wildman–Crippen LogP) is -0.223. The Balaban J connectivity index is 4.01. The molecule has 78 valence electrons. The number of rotatable bonds is 6. The Morgan fingerprint density at radius 3 is 2.23 bits per heavy atom. The SMILES string of the molecule is CC(CN(CCN)C(C)C)C(N)=O. The topological polar surface area (TPSA) is 72.3 Å². The molecule has 0 aliphatic rings. The summed E-state index contributed by atoms with van der Waals surface area (Å²) in [5, 5.41) is 0. The molecule has 0 aromatic rings. The standard InChI is InChI=1S/C9H21N3O/c1-7(2)12(5-4-10)6-8(3)9(11)13/h7-8H,4-6,10H2,1-3H3,(H2,11,13). The molecule has 13 heavy (non-hydrogen) atoms. The lowest BCUT2D eigenvalue weighted by Crippen LogP contribution is -2.41. The summed E-state index contributed by atoms with van der Waals surface area (Å²) in [4.78, 5) is 13.0. The smallest absolute Gasteiger partial charge is 0.221 e. The van der Waals surface area contributed by atoms with Gasteiger partial charge in [0.15, 0.2) is 0 Å². The minimum atomic E-state index is -0.248. The van der Waals surface area contributed by atoms with Crippen LogP contribution in [-0.2, 0) is 4.79 Å². The second kappa shape index (κ2) is 5.94. The fraction of sp³-hybridized carbons (Fsp3) is 0.889. The lowest BCUT2D eigenvalue weighted by Gasteiger charge is -2.27. The molecule has 1 amide bonds. The van der Waals surface area contributed by atoms with Crippen molar-refractivity contribution < 1.29 is 4.79 Å². The van der Waals surface area contributed by atoms with Crippen molar-refractivity contribution in [3.63, 3.8) is 0 Å². The molecular weight excluding hydrogens is 166 g/mol. The summed E-state index contributed by atoms with van der Waals surface area (Å²) in [5.41, 5.74) is 10.6. The molecule has 0 aliphatic heterocycles. The molecule has 0 bridgehead atoms. The minimum Gasteiger partial charge on any atom is -0.369 e. The van der Waals surface area contributed by atoms with Gasteiger partial charge in [-0.2, -0.15) is 0 Å². The molecule has 0 saturated heterocycles. The zero-order valence-corrected chi connectivity index (χ0v) is 8.79. The highest BCUT2D eigenvalue weighted by molar-refractivity contribution is 5.76. The maximum atomic E-state index is 10.8. The second-order valence-electron chi connectivity index (χ2n) is 3.68. The highest BCUT2D eigenvalue weighted by Crippen LogP contribution is 2.03. The molecule has 0 aromatic heterocycles. The number of carbonyl (C=O) groups excluding carboxylic acids is 1. The first-order valence-electron chi connectivity index (χ1n) is 4.72. The van der Waals surface area contributed by atoms with E-state index in [0.717, 1.165) is 6.54 Å². The molecule has 1 unspecified atom stereocenters. The summed E-state index contributed by atoms with van der Waals surface area (Å²) in [6.45, 7) is 8.14. The van der Waals surface area contributed by atoms with Gasteiger partial charge in [0, 0.05) is 31.6 Å². The van der Waals surface area contributed by atoms with E-state index in [0.29, 0.717) is 19.1 Å². The average Bonchev–Trinajstić information content (AvgIpc) is 2.03. The first-order valence-corrected chi connectivity index (χ1v) is 4.72. The van der Waals surface area contributed by atoms with Crippen LogP contribution in [0.1, 0.15) is 20.8 Å². The first-order chi connectivity index (χ1) is 5.99. The van der Waals surface area contributed by atoms with E-state index in [1.807, 2.05) is 6.92 Å². The first kappa shape index (κ1) is 12.4. The van der Waals surface area contributed by atoms with Crippen LogP contribution in [0.25, 0.3) is 0 Å². The van der Waals surface area contributed by atoms with E-state index in [1.165, 1.54) is 0 Å². The average molecular weight is 187 g/mol. The number of primary amides is 1. The van der Waals surface area contributed by atoms with Crippen LogP contribution in [0.4, 0.5) is 0 Å². The Hall–Kier alpha value is -0.610. The molecular formula is C9H21N3O. The van der Waals surface area contributed by atoms with E-state index in [-0.39, 0.29) is 11.8 Å². The summed E-state index contributed by atoms with van der Waals surface area (Å²) in [6.07, 6.45) is 0. The number of amides is 1. The molecule has 4 nitrogen and oxygen atoms in total.